The van der Waals surface area contributed by atoms with Crippen molar-refractivity contribution in [1.82, 2.24) is 9.29 Å². The maximum atomic E-state index is 11.4. The normalized spacial score (nSPS) is 11.6. The highest BCUT2D eigenvalue weighted by atomic mass is 32.2. The van der Waals surface area contributed by atoms with Crippen LogP contribution in [0, 0.1) is 10.1 Å². The number of aromatic nitrogens is 1. The molecule has 112 valence electrons. The van der Waals surface area contributed by atoms with Gasteiger partial charge in [-0.05, 0) is 12.5 Å². The molecule has 0 bridgehead atoms. The molecule has 9 heteroatoms. The Labute approximate surface area is 118 Å². The molecule has 1 aromatic rings. The summed E-state index contributed by atoms with van der Waals surface area (Å²) in [7, 11) is -3.20. The summed E-state index contributed by atoms with van der Waals surface area (Å²) < 4.78 is 24.1. The lowest BCUT2D eigenvalue weighted by atomic mass is 10.3. The lowest BCUT2D eigenvalue weighted by Crippen LogP contribution is -2.31. The van der Waals surface area contributed by atoms with Crippen LogP contribution in [0.25, 0.3) is 0 Å². The van der Waals surface area contributed by atoms with Gasteiger partial charge >= 0.3 is 5.69 Å². The van der Waals surface area contributed by atoms with Gasteiger partial charge in [-0.3, -0.25) is 10.1 Å². The molecule has 0 atom stereocenters. The molecule has 1 rings (SSSR count). The SMILES string of the molecule is CCN(CCCNc1ncccc1[N+](=O)[O-])S(C)(=O)=O. The van der Waals surface area contributed by atoms with Crippen molar-refractivity contribution in [2.75, 3.05) is 31.2 Å². The molecule has 1 aromatic heterocycles. The summed E-state index contributed by atoms with van der Waals surface area (Å²) in [6.07, 6.45) is 3.16. The molecule has 0 spiro atoms. The second-order valence-corrected chi connectivity index (χ2v) is 6.15. The van der Waals surface area contributed by atoms with Crippen molar-refractivity contribution >= 4 is 21.5 Å². The molecule has 1 heterocycles. The largest absolute Gasteiger partial charge is 0.364 e. The van der Waals surface area contributed by atoms with Gasteiger partial charge in [-0.15, -0.1) is 0 Å². The zero-order valence-corrected chi connectivity index (χ0v) is 12.3. The van der Waals surface area contributed by atoms with Crippen LogP contribution < -0.4 is 5.32 Å². The molecule has 0 amide bonds. The molecule has 0 radical (unpaired) electrons. The van der Waals surface area contributed by atoms with Crippen molar-refractivity contribution in [2.45, 2.75) is 13.3 Å². The topological polar surface area (TPSA) is 105 Å². The van der Waals surface area contributed by atoms with Crippen LogP contribution in [0.3, 0.4) is 0 Å². The molecule has 1 N–H and O–H groups in total. The van der Waals surface area contributed by atoms with E-state index in [1.54, 1.807) is 6.92 Å². The summed E-state index contributed by atoms with van der Waals surface area (Å²) in [5.74, 6) is 0.194. The van der Waals surface area contributed by atoms with Crippen molar-refractivity contribution in [3.05, 3.63) is 28.4 Å². The summed E-state index contributed by atoms with van der Waals surface area (Å²) in [6, 6.07) is 2.86. The number of hydrogen-bond donors (Lipinski definition) is 1. The van der Waals surface area contributed by atoms with Gasteiger partial charge in [-0.1, -0.05) is 6.92 Å². The minimum atomic E-state index is -3.20. The van der Waals surface area contributed by atoms with Crippen LogP contribution in [-0.4, -0.2) is 48.5 Å². The third kappa shape index (κ3) is 4.74. The maximum Gasteiger partial charge on any atom is 0.311 e. The first-order chi connectivity index (χ1) is 9.36. The number of pyridine rings is 1. The number of hydrogen-bond acceptors (Lipinski definition) is 6. The summed E-state index contributed by atoms with van der Waals surface area (Å²) in [5.41, 5.74) is -0.0945. The number of rotatable bonds is 8. The average molecular weight is 302 g/mol. The van der Waals surface area contributed by atoms with Gasteiger partial charge in [0.05, 0.1) is 11.2 Å². The van der Waals surface area contributed by atoms with E-state index in [-0.39, 0.29) is 11.5 Å². The lowest BCUT2D eigenvalue weighted by Gasteiger charge is -2.17. The Kier molecular flexibility index (Phi) is 5.83. The Hall–Kier alpha value is -1.74. The zero-order chi connectivity index (χ0) is 15.2. The highest BCUT2D eigenvalue weighted by molar-refractivity contribution is 7.88. The van der Waals surface area contributed by atoms with Gasteiger partial charge in [-0.2, -0.15) is 0 Å². The Morgan fingerprint density at radius 1 is 1.50 bits per heavy atom. The predicted molar refractivity (Wildman–Crippen MR) is 76.1 cm³/mol. The van der Waals surface area contributed by atoms with Crippen LogP contribution in [0.4, 0.5) is 11.5 Å². The van der Waals surface area contributed by atoms with Crippen LogP contribution in [0.5, 0.6) is 0 Å². The van der Waals surface area contributed by atoms with Crippen LogP contribution in [0.2, 0.25) is 0 Å². The van der Waals surface area contributed by atoms with Crippen molar-refractivity contribution < 1.29 is 13.3 Å². The molecule has 0 aliphatic rings. The van der Waals surface area contributed by atoms with E-state index >= 15 is 0 Å². The summed E-state index contributed by atoms with van der Waals surface area (Å²) in [5, 5.41) is 13.6. The summed E-state index contributed by atoms with van der Waals surface area (Å²) in [4.78, 5) is 14.2. The fourth-order valence-electron chi connectivity index (χ4n) is 1.70. The Balaban J connectivity index is 2.52. The minimum absolute atomic E-state index is 0.0945. The summed E-state index contributed by atoms with van der Waals surface area (Å²) in [6.45, 7) is 2.94. The molecule has 0 aliphatic carbocycles. The number of anilines is 1. The molecule has 0 unspecified atom stereocenters. The average Bonchev–Trinajstić information content (AvgIpc) is 2.37. The van der Waals surface area contributed by atoms with Gasteiger partial charge in [0, 0.05) is 31.9 Å². The van der Waals surface area contributed by atoms with E-state index in [1.165, 1.54) is 22.6 Å². The standard InChI is InChI=1S/C11H18N4O4S/c1-3-14(20(2,18)19)9-5-8-13-11-10(15(16)17)6-4-7-12-11/h4,6-7H,3,5,8-9H2,1-2H3,(H,12,13). The molecule has 0 aromatic carbocycles. The molecule has 8 nitrogen and oxygen atoms in total. The molecule has 0 fully saturated rings. The molecular weight excluding hydrogens is 284 g/mol. The number of nitrogens with one attached hydrogen (secondary N) is 1. The highest BCUT2D eigenvalue weighted by Crippen LogP contribution is 2.19. The Morgan fingerprint density at radius 2 is 2.20 bits per heavy atom. The fourth-order valence-corrected chi connectivity index (χ4v) is 2.63. The van der Waals surface area contributed by atoms with Gasteiger partial charge in [0.1, 0.15) is 0 Å². The molecular formula is C11H18N4O4S. The smallest absolute Gasteiger partial charge is 0.311 e. The van der Waals surface area contributed by atoms with E-state index < -0.39 is 14.9 Å². The first-order valence-electron chi connectivity index (χ1n) is 6.14. The fraction of sp³-hybridized carbons (Fsp3) is 0.545. The number of sulfonamides is 1. The van der Waals surface area contributed by atoms with Crippen molar-refractivity contribution in [3.8, 4) is 0 Å². The van der Waals surface area contributed by atoms with Gasteiger partial charge in [0.25, 0.3) is 0 Å². The second kappa shape index (κ2) is 7.15. The maximum absolute atomic E-state index is 11.4. The number of nitro groups is 1. The zero-order valence-electron chi connectivity index (χ0n) is 11.4. The van der Waals surface area contributed by atoms with Crippen molar-refractivity contribution in [3.63, 3.8) is 0 Å². The van der Waals surface area contributed by atoms with E-state index in [1.807, 2.05) is 0 Å². The Bertz CT molecular complexity index is 561. The van der Waals surface area contributed by atoms with Crippen molar-refractivity contribution in [2.24, 2.45) is 0 Å². The lowest BCUT2D eigenvalue weighted by molar-refractivity contribution is -0.384. The Morgan fingerprint density at radius 3 is 2.75 bits per heavy atom. The van der Waals surface area contributed by atoms with E-state index in [2.05, 4.69) is 10.3 Å². The van der Waals surface area contributed by atoms with Gasteiger partial charge < -0.3 is 5.32 Å². The van der Waals surface area contributed by atoms with Crippen molar-refractivity contribution in [1.29, 1.82) is 0 Å². The second-order valence-electron chi connectivity index (χ2n) is 4.16. The van der Waals surface area contributed by atoms with Crippen LogP contribution in [0.1, 0.15) is 13.3 Å². The van der Waals surface area contributed by atoms with E-state index in [0.717, 1.165) is 6.26 Å². The first kappa shape index (κ1) is 16.3. The molecule has 0 saturated heterocycles. The van der Waals surface area contributed by atoms with E-state index in [0.29, 0.717) is 26.1 Å². The molecule has 0 aliphatic heterocycles. The third-order valence-corrected chi connectivity index (χ3v) is 4.06. The van der Waals surface area contributed by atoms with Crippen LogP contribution in [0.15, 0.2) is 18.3 Å². The first-order valence-corrected chi connectivity index (χ1v) is 7.99. The highest BCUT2D eigenvalue weighted by Gasteiger charge is 2.15. The van der Waals surface area contributed by atoms with Gasteiger partial charge in [0.2, 0.25) is 15.8 Å². The third-order valence-electron chi connectivity index (χ3n) is 2.68. The summed E-state index contributed by atoms with van der Waals surface area (Å²) >= 11 is 0. The van der Waals surface area contributed by atoms with Gasteiger partial charge in [0.15, 0.2) is 0 Å². The number of nitrogens with zero attached hydrogens (tertiary/aromatic N) is 3. The molecule has 20 heavy (non-hydrogen) atoms. The van der Waals surface area contributed by atoms with Crippen LogP contribution in [-0.2, 0) is 10.0 Å². The van der Waals surface area contributed by atoms with E-state index in [4.69, 9.17) is 0 Å². The monoisotopic (exact) mass is 302 g/mol. The molecule has 0 saturated carbocycles. The van der Waals surface area contributed by atoms with E-state index in [9.17, 15) is 18.5 Å². The predicted octanol–water partition coefficient (Wildman–Crippen LogP) is 1.07. The quantitative estimate of drug-likeness (QED) is 0.437. The van der Waals surface area contributed by atoms with Crippen LogP contribution >= 0.6 is 0 Å². The van der Waals surface area contributed by atoms with Gasteiger partial charge in [-0.25, -0.2) is 17.7 Å². The minimum Gasteiger partial charge on any atom is -0.364 e.